The number of amides is 1. The van der Waals surface area contributed by atoms with Gasteiger partial charge in [0.25, 0.3) is 0 Å². The molecule has 0 heterocycles. The summed E-state index contributed by atoms with van der Waals surface area (Å²) in [5, 5.41) is 3.28. The number of nitrogens with zero attached hydrogens (tertiary/aromatic N) is 1. The SMILES string of the molecule is CC(C)CNCc1ccc(N(CC(N)=O)C(C)C)c(F)c1. The number of hydrogen-bond donors (Lipinski definition) is 2. The summed E-state index contributed by atoms with van der Waals surface area (Å²) in [5.74, 6) is -0.235. The third-order valence-electron chi connectivity index (χ3n) is 3.15. The monoisotopic (exact) mass is 295 g/mol. The maximum absolute atomic E-state index is 14.3. The fourth-order valence-corrected chi connectivity index (χ4v) is 2.11. The van der Waals surface area contributed by atoms with Gasteiger partial charge in [0.05, 0.1) is 12.2 Å². The second-order valence-corrected chi connectivity index (χ2v) is 6.00. The zero-order valence-corrected chi connectivity index (χ0v) is 13.3. The molecule has 0 saturated heterocycles. The molecule has 0 aromatic heterocycles. The van der Waals surface area contributed by atoms with Crippen LogP contribution in [0.2, 0.25) is 0 Å². The smallest absolute Gasteiger partial charge is 0.236 e. The summed E-state index contributed by atoms with van der Waals surface area (Å²) >= 11 is 0. The molecule has 3 N–H and O–H groups in total. The Hall–Kier alpha value is -1.62. The van der Waals surface area contributed by atoms with Gasteiger partial charge in [0.2, 0.25) is 5.91 Å². The van der Waals surface area contributed by atoms with Gasteiger partial charge >= 0.3 is 0 Å². The molecular formula is C16H26FN3O. The predicted octanol–water partition coefficient (Wildman–Crippen LogP) is 2.27. The molecule has 0 radical (unpaired) electrons. The number of carbonyl (C=O) groups excluding carboxylic acids is 1. The van der Waals surface area contributed by atoms with Crippen LogP contribution in [-0.4, -0.2) is 25.0 Å². The third-order valence-corrected chi connectivity index (χ3v) is 3.15. The molecule has 0 spiro atoms. The first kappa shape index (κ1) is 17.4. The molecule has 4 nitrogen and oxygen atoms in total. The van der Waals surface area contributed by atoms with E-state index in [0.717, 1.165) is 12.1 Å². The van der Waals surface area contributed by atoms with Crippen molar-refractivity contribution in [3.63, 3.8) is 0 Å². The van der Waals surface area contributed by atoms with Crippen molar-refractivity contribution >= 4 is 11.6 Å². The first-order valence-electron chi connectivity index (χ1n) is 7.35. The average Bonchev–Trinajstić information content (AvgIpc) is 2.35. The number of benzene rings is 1. The van der Waals surface area contributed by atoms with E-state index in [1.54, 1.807) is 11.0 Å². The minimum Gasteiger partial charge on any atom is -0.368 e. The van der Waals surface area contributed by atoms with Gasteiger partial charge in [-0.3, -0.25) is 4.79 Å². The van der Waals surface area contributed by atoms with Crippen molar-refractivity contribution in [2.24, 2.45) is 11.7 Å². The van der Waals surface area contributed by atoms with Crippen LogP contribution in [0.4, 0.5) is 10.1 Å². The first-order valence-corrected chi connectivity index (χ1v) is 7.35. The Bertz CT molecular complexity index is 475. The van der Waals surface area contributed by atoms with Crippen LogP contribution < -0.4 is 16.0 Å². The van der Waals surface area contributed by atoms with Gasteiger partial charge in [0.1, 0.15) is 5.82 Å². The molecule has 0 unspecified atom stereocenters. The Balaban J connectivity index is 2.82. The Morgan fingerprint density at radius 1 is 1.33 bits per heavy atom. The van der Waals surface area contributed by atoms with Crippen LogP contribution in [0.25, 0.3) is 0 Å². The van der Waals surface area contributed by atoms with Gasteiger partial charge in [0, 0.05) is 12.6 Å². The van der Waals surface area contributed by atoms with Gasteiger partial charge in [-0.2, -0.15) is 0 Å². The number of nitrogens with one attached hydrogen (secondary N) is 1. The van der Waals surface area contributed by atoms with Gasteiger partial charge in [0.15, 0.2) is 0 Å². The molecule has 0 aliphatic rings. The molecular weight excluding hydrogens is 269 g/mol. The molecule has 5 heteroatoms. The summed E-state index contributed by atoms with van der Waals surface area (Å²) < 4.78 is 14.3. The number of hydrogen-bond acceptors (Lipinski definition) is 3. The van der Waals surface area contributed by atoms with E-state index in [4.69, 9.17) is 5.73 Å². The first-order chi connectivity index (χ1) is 9.81. The van der Waals surface area contributed by atoms with Crippen molar-refractivity contribution < 1.29 is 9.18 Å². The van der Waals surface area contributed by atoms with Gasteiger partial charge in [-0.25, -0.2) is 4.39 Å². The fourth-order valence-electron chi connectivity index (χ4n) is 2.11. The van der Waals surface area contributed by atoms with E-state index >= 15 is 0 Å². The highest BCUT2D eigenvalue weighted by atomic mass is 19.1. The topological polar surface area (TPSA) is 58.4 Å². The molecule has 1 amide bonds. The van der Waals surface area contributed by atoms with Crippen LogP contribution in [0.5, 0.6) is 0 Å². The molecule has 118 valence electrons. The quantitative estimate of drug-likeness (QED) is 0.773. The van der Waals surface area contributed by atoms with E-state index in [1.807, 2.05) is 19.9 Å². The Labute approximate surface area is 126 Å². The highest BCUT2D eigenvalue weighted by Gasteiger charge is 2.17. The molecule has 21 heavy (non-hydrogen) atoms. The molecule has 0 fully saturated rings. The summed E-state index contributed by atoms with van der Waals surface area (Å²) in [6.45, 7) is 9.60. The standard InChI is InChI=1S/C16H26FN3O/c1-11(2)8-19-9-13-5-6-15(14(17)7-13)20(12(3)4)10-16(18)21/h5-7,11-12,19H,8-10H2,1-4H3,(H2,18,21). The van der Waals surface area contributed by atoms with E-state index in [9.17, 15) is 9.18 Å². The van der Waals surface area contributed by atoms with Crippen molar-refractivity contribution in [1.29, 1.82) is 0 Å². The average molecular weight is 295 g/mol. The summed E-state index contributed by atoms with van der Waals surface area (Å²) in [4.78, 5) is 12.8. The Morgan fingerprint density at radius 2 is 2.00 bits per heavy atom. The van der Waals surface area contributed by atoms with Crippen molar-refractivity contribution in [3.05, 3.63) is 29.6 Å². The van der Waals surface area contributed by atoms with E-state index in [0.29, 0.717) is 18.2 Å². The molecule has 1 aromatic carbocycles. The number of anilines is 1. The predicted molar refractivity (Wildman–Crippen MR) is 84.6 cm³/mol. The molecule has 0 atom stereocenters. The van der Waals surface area contributed by atoms with Crippen molar-refractivity contribution in [2.75, 3.05) is 18.0 Å². The summed E-state index contributed by atoms with van der Waals surface area (Å²) in [6.07, 6.45) is 0. The lowest BCUT2D eigenvalue weighted by molar-refractivity contribution is -0.116. The van der Waals surface area contributed by atoms with Crippen LogP contribution in [0.1, 0.15) is 33.3 Å². The van der Waals surface area contributed by atoms with Crippen LogP contribution in [0.15, 0.2) is 18.2 Å². The largest absolute Gasteiger partial charge is 0.368 e. The number of carbonyl (C=O) groups is 1. The summed E-state index contributed by atoms with van der Waals surface area (Å²) in [6, 6.07) is 5.10. The minimum atomic E-state index is -0.467. The van der Waals surface area contributed by atoms with Gasteiger partial charge in [-0.15, -0.1) is 0 Å². The molecule has 0 saturated carbocycles. The highest BCUT2D eigenvalue weighted by molar-refractivity contribution is 5.79. The molecule has 1 rings (SSSR count). The van der Waals surface area contributed by atoms with Crippen LogP contribution in [0.3, 0.4) is 0 Å². The Kier molecular flexibility index (Phi) is 6.62. The summed E-state index contributed by atoms with van der Waals surface area (Å²) in [7, 11) is 0. The van der Waals surface area contributed by atoms with Crippen LogP contribution in [0, 0.1) is 11.7 Å². The molecule has 0 aliphatic carbocycles. The van der Waals surface area contributed by atoms with Crippen molar-refractivity contribution in [1.82, 2.24) is 5.32 Å². The molecule has 0 bridgehead atoms. The lowest BCUT2D eigenvalue weighted by atomic mass is 10.1. The second kappa shape index (κ2) is 7.98. The molecule has 0 aliphatic heterocycles. The lowest BCUT2D eigenvalue weighted by Crippen LogP contribution is -2.39. The molecule has 1 aromatic rings. The van der Waals surface area contributed by atoms with E-state index in [2.05, 4.69) is 19.2 Å². The summed E-state index contributed by atoms with van der Waals surface area (Å²) in [5.41, 5.74) is 6.53. The van der Waals surface area contributed by atoms with E-state index < -0.39 is 5.91 Å². The van der Waals surface area contributed by atoms with Gasteiger partial charge in [-0.1, -0.05) is 19.9 Å². The highest BCUT2D eigenvalue weighted by Crippen LogP contribution is 2.22. The Morgan fingerprint density at radius 3 is 2.48 bits per heavy atom. The fraction of sp³-hybridized carbons (Fsp3) is 0.562. The number of rotatable bonds is 8. The second-order valence-electron chi connectivity index (χ2n) is 6.00. The minimum absolute atomic E-state index is 0.00286. The number of primary amides is 1. The normalized spacial score (nSPS) is 11.2. The maximum Gasteiger partial charge on any atom is 0.236 e. The lowest BCUT2D eigenvalue weighted by Gasteiger charge is -2.28. The van der Waals surface area contributed by atoms with Gasteiger partial charge < -0.3 is 16.0 Å². The maximum atomic E-state index is 14.3. The third kappa shape index (κ3) is 5.71. The zero-order chi connectivity index (χ0) is 16.0. The van der Waals surface area contributed by atoms with Crippen molar-refractivity contribution in [2.45, 2.75) is 40.3 Å². The van der Waals surface area contributed by atoms with E-state index in [-0.39, 0.29) is 18.4 Å². The van der Waals surface area contributed by atoms with Crippen molar-refractivity contribution in [3.8, 4) is 0 Å². The van der Waals surface area contributed by atoms with Crippen LogP contribution in [-0.2, 0) is 11.3 Å². The number of halogens is 1. The zero-order valence-electron chi connectivity index (χ0n) is 13.3. The van der Waals surface area contributed by atoms with Gasteiger partial charge in [-0.05, 0) is 44.0 Å². The number of nitrogens with two attached hydrogens (primary N) is 1. The van der Waals surface area contributed by atoms with E-state index in [1.165, 1.54) is 6.07 Å². The van der Waals surface area contributed by atoms with Crippen LogP contribution >= 0.6 is 0 Å².